The number of carbonyl (C=O) groups is 2. The van der Waals surface area contributed by atoms with Crippen LogP contribution in [0.15, 0.2) is 48.7 Å². The number of aromatic nitrogens is 1. The zero-order valence-electron chi connectivity index (χ0n) is 13.9. The van der Waals surface area contributed by atoms with Gasteiger partial charge in [-0.25, -0.2) is 13.6 Å². The molecule has 3 rings (SSSR count). The molecule has 0 aliphatic heterocycles. The lowest BCUT2D eigenvalue weighted by Crippen LogP contribution is -2.43. The maximum atomic E-state index is 13.8. The molecule has 0 bridgehead atoms. The molecule has 1 atom stereocenters. The summed E-state index contributed by atoms with van der Waals surface area (Å²) in [6.07, 6.45) is 1.90. The van der Waals surface area contributed by atoms with Crippen molar-refractivity contribution in [1.82, 2.24) is 10.3 Å². The van der Waals surface area contributed by atoms with Crippen LogP contribution in [0.5, 0.6) is 0 Å². The van der Waals surface area contributed by atoms with E-state index in [4.69, 9.17) is 4.74 Å². The number of methoxy groups -OCH3 is 1. The Kier molecular flexibility index (Phi) is 4.97. The van der Waals surface area contributed by atoms with Gasteiger partial charge in [-0.1, -0.05) is 18.2 Å². The van der Waals surface area contributed by atoms with Gasteiger partial charge in [-0.2, -0.15) is 0 Å². The normalized spacial score (nSPS) is 12.0. The van der Waals surface area contributed by atoms with Crippen molar-refractivity contribution in [2.45, 2.75) is 12.5 Å². The van der Waals surface area contributed by atoms with Crippen molar-refractivity contribution in [1.29, 1.82) is 0 Å². The fourth-order valence-electron chi connectivity index (χ4n) is 2.77. The van der Waals surface area contributed by atoms with Crippen LogP contribution in [0.25, 0.3) is 10.9 Å². The summed E-state index contributed by atoms with van der Waals surface area (Å²) in [6, 6.07) is 9.11. The summed E-state index contributed by atoms with van der Waals surface area (Å²) < 4.78 is 31.5. The number of ether oxygens (including phenoxy) is 1. The van der Waals surface area contributed by atoms with Gasteiger partial charge < -0.3 is 15.0 Å². The van der Waals surface area contributed by atoms with Crippen LogP contribution >= 0.6 is 0 Å². The molecule has 0 spiro atoms. The Labute approximate surface area is 148 Å². The first-order valence-corrected chi connectivity index (χ1v) is 7.88. The van der Waals surface area contributed by atoms with E-state index < -0.39 is 29.6 Å². The molecule has 0 aliphatic carbocycles. The molecule has 7 heteroatoms. The van der Waals surface area contributed by atoms with E-state index in [9.17, 15) is 18.4 Å². The van der Waals surface area contributed by atoms with Crippen molar-refractivity contribution in [2.75, 3.05) is 7.11 Å². The number of benzene rings is 2. The molecule has 0 saturated heterocycles. The van der Waals surface area contributed by atoms with Gasteiger partial charge in [0.1, 0.15) is 17.7 Å². The number of esters is 1. The number of hydrogen-bond donors (Lipinski definition) is 2. The zero-order valence-corrected chi connectivity index (χ0v) is 13.9. The minimum absolute atomic E-state index is 0.158. The second-order valence-electron chi connectivity index (χ2n) is 5.74. The highest BCUT2D eigenvalue weighted by atomic mass is 19.1. The molecule has 5 nitrogen and oxygen atoms in total. The highest BCUT2D eigenvalue weighted by Gasteiger charge is 2.25. The van der Waals surface area contributed by atoms with Crippen molar-refractivity contribution in [3.63, 3.8) is 0 Å². The van der Waals surface area contributed by atoms with Crippen LogP contribution in [0.3, 0.4) is 0 Å². The Hall–Kier alpha value is -3.22. The molecule has 1 heterocycles. The Bertz CT molecular complexity index is 968. The molecule has 2 N–H and O–H groups in total. The molecule has 134 valence electrons. The molecule has 1 aromatic heterocycles. The fraction of sp³-hybridized carbons (Fsp3) is 0.158. The van der Waals surface area contributed by atoms with E-state index in [-0.39, 0.29) is 12.0 Å². The number of H-pyrrole nitrogens is 1. The number of nitrogens with one attached hydrogen (secondary N) is 2. The third-order valence-electron chi connectivity index (χ3n) is 4.07. The van der Waals surface area contributed by atoms with Gasteiger partial charge in [0, 0.05) is 29.6 Å². The third-order valence-corrected chi connectivity index (χ3v) is 4.07. The predicted molar refractivity (Wildman–Crippen MR) is 91.6 cm³/mol. The molecule has 0 radical (unpaired) electrons. The number of carbonyl (C=O) groups excluding carboxylic acids is 2. The first-order chi connectivity index (χ1) is 12.5. The summed E-state index contributed by atoms with van der Waals surface area (Å²) >= 11 is 0. The Morgan fingerprint density at radius 1 is 1.19 bits per heavy atom. The number of para-hydroxylation sites is 1. The fourth-order valence-corrected chi connectivity index (χ4v) is 2.77. The van der Waals surface area contributed by atoms with E-state index in [1.165, 1.54) is 7.11 Å². The molecule has 0 saturated carbocycles. The SMILES string of the molecule is COC(=O)C(Cc1c[nH]c2ccccc12)NC(=O)c1ccc(F)cc1F. The van der Waals surface area contributed by atoms with E-state index in [0.29, 0.717) is 6.07 Å². The topological polar surface area (TPSA) is 71.2 Å². The van der Waals surface area contributed by atoms with Crippen LogP contribution < -0.4 is 5.32 Å². The lowest BCUT2D eigenvalue weighted by Gasteiger charge is -2.16. The molecule has 3 aromatic rings. The Morgan fingerprint density at radius 3 is 2.69 bits per heavy atom. The van der Waals surface area contributed by atoms with Crippen molar-refractivity contribution < 1.29 is 23.1 Å². The van der Waals surface area contributed by atoms with Gasteiger partial charge in [-0.15, -0.1) is 0 Å². The molecule has 0 aliphatic rings. The van der Waals surface area contributed by atoms with E-state index in [1.54, 1.807) is 6.20 Å². The number of fused-ring (bicyclic) bond motifs is 1. The molecule has 0 fully saturated rings. The summed E-state index contributed by atoms with van der Waals surface area (Å²) in [7, 11) is 1.20. The molecular formula is C19H16F2N2O3. The summed E-state index contributed by atoms with van der Waals surface area (Å²) in [5, 5.41) is 3.36. The number of halogens is 2. The average molecular weight is 358 g/mol. The number of rotatable bonds is 5. The van der Waals surface area contributed by atoms with Gasteiger partial charge in [0.05, 0.1) is 12.7 Å². The van der Waals surface area contributed by atoms with Crippen LogP contribution in [0.1, 0.15) is 15.9 Å². The second kappa shape index (κ2) is 7.35. The van der Waals surface area contributed by atoms with E-state index in [1.807, 2.05) is 24.3 Å². The van der Waals surface area contributed by atoms with Gasteiger partial charge >= 0.3 is 5.97 Å². The summed E-state index contributed by atoms with van der Waals surface area (Å²) in [5.74, 6) is -3.27. The minimum Gasteiger partial charge on any atom is -0.467 e. The molecule has 1 unspecified atom stereocenters. The van der Waals surface area contributed by atoms with Gasteiger partial charge in [0.2, 0.25) is 0 Å². The van der Waals surface area contributed by atoms with Gasteiger partial charge in [-0.3, -0.25) is 4.79 Å². The lowest BCUT2D eigenvalue weighted by atomic mass is 10.0. The van der Waals surface area contributed by atoms with Crippen molar-refractivity contribution in [3.05, 3.63) is 71.4 Å². The molecule has 1 amide bonds. The lowest BCUT2D eigenvalue weighted by molar-refractivity contribution is -0.142. The van der Waals surface area contributed by atoms with E-state index >= 15 is 0 Å². The van der Waals surface area contributed by atoms with Gasteiger partial charge in [-0.05, 0) is 23.8 Å². The van der Waals surface area contributed by atoms with E-state index in [2.05, 4.69) is 10.3 Å². The van der Waals surface area contributed by atoms with Crippen LogP contribution in [-0.2, 0) is 16.0 Å². The average Bonchev–Trinajstić information content (AvgIpc) is 3.03. The number of hydrogen-bond acceptors (Lipinski definition) is 3. The maximum Gasteiger partial charge on any atom is 0.328 e. The highest BCUT2D eigenvalue weighted by molar-refractivity contribution is 5.97. The van der Waals surface area contributed by atoms with Crippen molar-refractivity contribution >= 4 is 22.8 Å². The standard InChI is InChI=1S/C19H16F2N2O3/c1-26-19(25)17(8-11-10-22-16-5-3-2-4-13(11)16)23-18(24)14-7-6-12(20)9-15(14)21/h2-7,9-10,17,22H,8H2,1H3,(H,23,24). The van der Waals surface area contributed by atoms with Crippen LogP contribution in [0.2, 0.25) is 0 Å². The number of aromatic amines is 1. The van der Waals surface area contributed by atoms with Crippen molar-refractivity contribution in [3.8, 4) is 0 Å². The molecule has 2 aromatic carbocycles. The van der Waals surface area contributed by atoms with Crippen LogP contribution in [0, 0.1) is 11.6 Å². The monoisotopic (exact) mass is 358 g/mol. The highest BCUT2D eigenvalue weighted by Crippen LogP contribution is 2.19. The smallest absolute Gasteiger partial charge is 0.328 e. The first-order valence-electron chi connectivity index (χ1n) is 7.88. The summed E-state index contributed by atoms with van der Waals surface area (Å²) in [4.78, 5) is 27.5. The molecule has 26 heavy (non-hydrogen) atoms. The Morgan fingerprint density at radius 2 is 1.96 bits per heavy atom. The Balaban J connectivity index is 1.84. The van der Waals surface area contributed by atoms with E-state index in [0.717, 1.165) is 28.6 Å². The van der Waals surface area contributed by atoms with Crippen LogP contribution in [-0.4, -0.2) is 30.0 Å². The van der Waals surface area contributed by atoms with Crippen molar-refractivity contribution in [2.24, 2.45) is 0 Å². The molecular weight excluding hydrogens is 342 g/mol. The van der Waals surface area contributed by atoms with Gasteiger partial charge in [0.25, 0.3) is 5.91 Å². The third kappa shape index (κ3) is 3.56. The quantitative estimate of drug-likeness (QED) is 0.689. The summed E-state index contributed by atoms with van der Waals surface area (Å²) in [6.45, 7) is 0. The van der Waals surface area contributed by atoms with Crippen LogP contribution in [0.4, 0.5) is 8.78 Å². The second-order valence-corrected chi connectivity index (χ2v) is 5.74. The van der Waals surface area contributed by atoms with Gasteiger partial charge in [0.15, 0.2) is 0 Å². The maximum absolute atomic E-state index is 13.8. The first kappa shape index (κ1) is 17.6. The minimum atomic E-state index is -1.02. The predicted octanol–water partition coefficient (Wildman–Crippen LogP) is 2.96. The summed E-state index contributed by atoms with van der Waals surface area (Å²) in [5.41, 5.74) is 1.34. The zero-order chi connectivity index (χ0) is 18.7. The number of amides is 1. The largest absolute Gasteiger partial charge is 0.467 e.